The van der Waals surface area contributed by atoms with Gasteiger partial charge in [0.15, 0.2) is 0 Å². The molecule has 0 spiro atoms. The van der Waals surface area contributed by atoms with Gasteiger partial charge in [-0.1, -0.05) is 24.3 Å². The van der Waals surface area contributed by atoms with E-state index in [1.165, 1.54) is 18.2 Å². The lowest BCUT2D eigenvalue weighted by atomic mass is 9.76. The first-order valence-corrected chi connectivity index (χ1v) is 4.46. The normalized spacial score (nSPS) is 18.7. The molecule has 68 valence electrons. The molecule has 0 N–H and O–H groups in total. The van der Waals surface area contributed by atoms with Gasteiger partial charge in [0.25, 0.3) is 0 Å². The first-order valence-electron chi connectivity index (χ1n) is 4.46. The highest BCUT2D eigenvalue weighted by molar-refractivity contribution is 5.71. The fourth-order valence-electron chi connectivity index (χ4n) is 1.83. The Hall–Kier alpha value is -1.31. The molecule has 0 radical (unpaired) electrons. The summed E-state index contributed by atoms with van der Waals surface area (Å²) in [5.41, 5.74) is 2.68. The van der Waals surface area contributed by atoms with Crippen LogP contribution >= 0.6 is 0 Å². The van der Waals surface area contributed by atoms with E-state index in [0.29, 0.717) is 12.3 Å². The van der Waals surface area contributed by atoms with Gasteiger partial charge in [-0.05, 0) is 23.5 Å². The van der Waals surface area contributed by atoms with Crippen LogP contribution in [0.4, 0.5) is 0 Å². The van der Waals surface area contributed by atoms with Gasteiger partial charge in [-0.2, -0.15) is 0 Å². The molecule has 0 fully saturated rings. The molecule has 1 aromatic carbocycles. The lowest BCUT2D eigenvalue weighted by Crippen LogP contribution is -2.20. The Balaban J connectivity index is 2.05. The van der Waals surface area contributed by atoms with E-state index in [-0.39, 0.29) is 5.97 Å². The van der Waals surface area contributed by atoms with Crippen molar-refractivity contribution in [2.45, 2.75) is 18.8 Å². The van der Waals surface area contributed by atoms with E-state index < -0.39 is 0 Å². The van der Waals surface area contributed by atoms with Gasteiger partial charge in [-0.15, -0.1) is 0 Å². The summed E-state index contributed by atoms with van der Waals surface area (Å²) in [5.74, 6) is 0.281. The van der Waals surface area contributed by atoms with Gasteiger partial charge in [-0.25, -0.2) is 0 Å². The highest BCUT2D eigenvalue weighted by atomic mass is 16.5. The molecule has 0 aromatic heterocycles. The lowest BCUT2D eigenvalue weighted by Gasteiger charge is -2.28. The van der Waals surface area contributed by atoms with Crippen LogP contribution in [0.5, 0.6) is 0 Å². The van der Waals surface area contributed by atoms with Gasteiger partial charge in [0, 0.05) is 0 Å². The molecular formula is C11H12O2. The maximum atomic E-state index is 11.0. The van der Waals surface area contributed by atoms with Crippen molar-refractivity contribution in [3.8, 4) is 0 Å². The van der Waals surface area contributed by atoms with Gasteiger partial charge in [0.1, 0.15) is 0 Å². The van der Waals surface area contributed by atoms with Crippen LogP contribution in [0.1, 0.15) is 23.5 Å². The van der Waals surface area contributed by atoms with Crippen molar-refractivity contribution < 1.29 is 9.53 Å². The zero-order valence-electron chi connectivity index (χ0n) is 7.62. The van der Waals surface area contributed by atoms with Crippen molar-refractivity contribution >= 4 is 5.97 Å². The van der Waals surface area contributed by atoms with E-state index in [1.807, 2.05) is 12.1 Å². The Kier molecular flexibility index (Phi) is 2.05. The molecule has 0 aliphatic heterocycles. The average molecular weight is 176 g/mol. The zero-order valence-corrected chi connectivity index (χ0v) is 7.62. The predicted octanol–water partition coefficient (Wildman–Crippen LogP) is 1.89. The lowest BCUT2D eigenvalue weighted by molar-refractivity contribution is -0.141. The summed E-state index contributed by atoms with van der Waals surface area (Å²) in [5, 5.41) is 0. The van der Waals surface area contributed by atoms with E-state index in [4.69, 9.17) is 0 Å². The molecule has 1 aromatic rings. The van der Waals surface area contributed by atoms with Crippen LogP contribution in [-0.4, -0.2) is 13.1 Å². The minimum Gasteiger partial charge on any atom is -0.469 e. The maximum Gasteiger partial charge on any atom is 0.306 e. The smallest absolute Gasteiger partial charge is 0.306 e. The van der Waals surface area contributed by atoms with Crippen molar-refractivity contribution in [3.05, 3.63) is 35.4 Å². The molecular weight excluding hydrogens is 164 g/mol. The third-order valence-corrected chi connectivity index (χ3v) is 2.60. The van der Waals surface area contributed by atoms with Gasteiger partial charge >= 0.3 is 5.97 Å². The van der Waals surface area contributed by atoms with E-state index in [2.05, 4.69) is 16.9 Å². The molecule has 2 nitrogen and oxygen atoms in total. The van der Waals surface area contributed by atoms with Crippen LogP contribution in [0.2, 0.25) is 0 Å². The number of methoxy groups -OCH3 is 1. The number of fused-ring (bicyclic) bond motifs is 1. The van der Waals surface area contributed by atoms with Crippen molar-refractivity contribution in [2.24, 2.45) is 0 Å². The van der Waals surface area contributed by atoms with Crippen LogP contribution in [0.25, 0.3) is 0 Å². The number of ether oxygens (including phenoxy) is 1. The first-order chi connectivity index (χ1) is 6.31. The molecule has 0 saturated heterocycles. The molecule has 13 heavy (non-hydrogen) atoms. The maximum absolute atomic E-state index is 11.0. The number of rotatable bonds is 2. The second-order valence-corrected chi connectivity index (χ2v) is 3.38. The van der Waals surface area contributed by atoms with Gasteiger partial charge in [-0.3, -0.25) is 4.79 Å². The Morgan fingerprint density at radius 1 is 1.54 bits per heavy atom. The summed E-state index contributed by atoms with van der Waals surface area (Å²) in [6.07, 6.45) is 1.54. The van der Waals surface area contributed by atoms with Crippen molar-refractivity contribution in [2.75, 3.05) is 7.11 Å². The molecule has 1 unspecified atom stereocenters. The molecule has 0 heterocycles. The monoisotopic (exact) mass is 176 g/mol. The molecule has 0 saturated carbocycles. The third-order valence-electron chi connectivity index (χ3n) is 2.60. The molecule has 2 heteroatoms. The Bertz CT molecular complexity index is 331. The number of hydrogen-bond donors (Lipinski definition) is 0. The number of esters is 1. The quantitative estimate of drug-likeness (QED) is 0.643. The van der Waals surface area contributed by atoms with Crippen LogP contribution in [0.3, 0.4) is 0 Å². The van der Waals surface area contributed by atoms with Gasteiger partial charge in [0.05, 0.1) is 13.5 Å². The van der Waals surface area contributed by atoms with Gasteiger partial charge < -0.3 is 4.74 Å². The molecule has 1 aliphatic carbocycles. The second kappa shape index (κ2) is 3.21. The Morgan fingerprint density at radius 2 is 2.31 bits per heavy atom. The fourth-order valence-corrected chi connectivity index (χ4v) is 1.83. The number of benzene rings is 1. The second-order valence-electron chi connectivity index (χ2n) is 3.38. The van der Waals surface area contributed by atoms with E-state index in [9.17, 15) is 4.79 Å². The molecule has 2 rings (SSSR count). The van der Waals surface area contributed by atoms with Crippen molar-refractivity contribution in [1.29, 1.82) is 0 Å². The Labute approximate surface area is 77.5 Å². The fraction of sp³-hybridized carbons (Fsp3) is 0.364. The van der Waals surface area contributed by atoms with E-state index in [1.54, 1.807) is 0 Å². The number of hydrogen-bond acceptors (Lipinski definition) is 2. The van der Waals surface area contributed by atoms with Crippen LogP contribution in [-0.2, 0) is 16.0 Å². The van der Waals surface area contributed by atoms with Crippen LogP contribution < -0.4 is 0 Å². The Morgan fingerprint density at radius 3 is 3.00 bits per heavy atom. The predicted molar refractivity (Wildman–Crippen MR) is 49.5 cm³/mol. The molecule has 0 amide bonds. The molecule has 0 bridgehead atoms. The number of carbonyl (C=O) groups excluding carboxylic acids is 1. The number of carbonyl (C=O) groups is 1. The highest BCUT2D eigenvalue weighted by Crippen LogP contribution is 2.37. The minimum atomic E-state index is -0.112. The summed E-state index contributed by atoms with van der Waals surface area (Å²) in [7, 11) is 1.44. The van der Waals surface area contributed by atoms with E-state index >= 15 is 0 Å². The van der Waals surface area contributed by atoms with Gasteiger partial charge in [0.2, 0.25) is 0 Å². The largest absolute Gasteiger partial charge is 0.469 e. The highest BCUT2D eigenvalue weighted by Gasteiger charge is 2.27. The van der Waals surface area contributed by atoms with E-state index in [0.717, 1.165) is 6.42 Å². The third kappa shape index (κ3) is 1.44. The van der Waals surface area contributed by atoms with Crippen LogP contribution in [0, 0.1) is 0 Å². The molecule has 1 aliphatic rings. The van der Waals surface area contributed by atoms with Crippen molar-refractivity contribution in [1.82, 2.24) is 0 Å². The summed E-state index contributed by atoms with van der Waals surface area (Å²) in [4.78, 5) is 11.0. The average Bonchev–Trinajstić information content (AvgIpc) is 2.14. The van der Waals surface area contributed by atoms with Crippen LogP contribution in [0.15, 0.2) is 24.3 Å². The summed E-state index contributed by atoms with van der Waals surface area (Å²) in [6, 6.07) is 8.25. The van der Waals surface area contributed by atoms with Crippen molar-refractivity contribution in [3.63, 3.8) is 0 Å². The molecule has 1 atom stereocenters. The first kappa shape index (κ1) is 8.30. The summed E-state index contributed by atoms with van der Waals surface area (Å²) in [6.45, 7) is 0. The minimum absolute atomic E-state index is 0.112. The SMILES string of the molecule is COC(=O)CC1Cc2ccccc21. The summed E-state index contributed by atoms with van der Waals surface area (Å²) < 4.78 is 4.63. The standard InChI is InChI=1S/C11H12O2/c1-13-11(12)7-9-6-8-4-2-3-5-10(8)9/h2-5,9H,6-7H2,1H3. The summed E-state index contributed by atoms with van der Waals surface area (Å²) >= 11 is 0. The zero-order chi connectivity index (χ0) is 9.26. The topological polar surface area (TPSA) is 26.3 Å².